The molecule has 1 fully saturated rings. The number of benzene rings is 1. The molecule has 0 spiro atoms. The molecule has 0 radical (unpaired) electrons. The molecule has 146 valence electrons. The summed E-state index contributed by atoms with van der Waals surface area (Å²) in [5, 5.41) is 5.36. The van der Waals surface area contributed by atoms with Crippen LogP contribution in [0, 0.1) is 5.92 Å². The van der Waals surface area contributed by atoms with Gasteiger partial charge in [0.2, 0.25) is 0 Å². The summed E-state index contributed by atoms with van der Waals surface area (Å²) in [6.07, 6.45) is 3.51. The van der Waals surface area contributed by atoms with Crippen molar-refractivity contribution in [3.05, 3.63) is 69.1 Å². The Morgan fingerprint density at radius 1 is 1.21 bits per heavy atom. The Balaban J connectivity index is 1.96. The second kappa shape index (κ2) is 8.21. The molecule has 7 nitrogen and oxygen atoms in total. The van der Waals surface area contributed by atoms with Crippen LogP contribution in [-0.2, 0) is 17.8 Å². The number of hydrogen-bond acceptors (Lipinski definition) is 4. The van der Waals surface area contributed by atoms with Gasteiger partial charge in [0, 0.05) is 25.7 Å². The molecule has 1 aliphatic carbocycles. The van der Waals surface area contributed by atoms with Gasteiger partial charge in [-0.3, -0.25) is 14.4 Å². The molecule has 0 bridgehead atoms. The van der Waals surface area contributed by atoms with E-state index in [1.165, 1.54) is 23.9 Å². The van der Waals surface area contributed by atoms with Crippen molar-refractivity contribution in [3.63, 3.8) is 0 Å². The maximum Gasteiger partial charge on any atom is 0.263 e. The Hall–Kier alpha value is -3.22. The lowest BCUT2D eigenvalue weighted by atomic mass is 10.1. The predicted octanol–water partition coefficient (Wildman–Crippen LogP) is 1.14. The van der Waals surface area contributed by atoms with Crippen LogP contribution < -0.4 is 16.2 Å². The fraction of sp³-hybridized carbons (Fsp3) is 0.333. The highest BCUT2D eigenvalue weighted by Crippen LogP contribution is 2.29. The molecule has 0 aliphatic heterocycles. The van der Waals surface area contributed by atoms with Gasteiger partial charge in [-0.2, -0.15) is 0 Å². The molecule has 2 amide bonds. The molecule has 0 unspecified atom stereocenters. The molecule has 1 aromatic heterocycles. The number of hydrogen-bond donors (Lipinski definition) is 2. The zero-order valence-electron chi connectivity index (χ0n) is 15.9. The summed E-state index contributed by atoms with van der Waals surface area (Å²) in [6, 6.07) is 8.78. The number of aldehydes is 1. The van der Waals surface area contributed by atoms with Crippen molar-refractivity contribution in [1.29, 1.82) is 0 Å². The number of carbonyl (C=O) groups excluding carboxylic acids is 3. The largest absolute Gasteiger partial charge is 0.355 e. The normalized spacial score (nSPS) is 17.6. The van der Waals surface area contributed by atoms with E-state index >= 15 is 0 Å². The molecule has 2 atom stereocenters. The number of amides is 2. The van der Waals surface area contributed by atoms with Crippen LogP contribution in [0.4, 0.5) is 0 Å². The van der Waals surface area contributed by atoms with Gasteiger partial charge in [-0.1, -0.05) is 31.2 Å². The van der Waals surface area contributed by atoms with Crippen molar-refractivity contribution in [1.82, 2.24) is 15.2 Å². The van der Waals surface area contributed by atoms with Crippen LogP contribution in [0.3, 0.4) is 0 Å². The lowest BCUT2D eigenvalue weighted by Crippen LogP contribution is -2.34. The minimum absolute atomic E-state index is 0.0805. The summed E-state index contributed by atoms with van der Waals surface area (Å²) in [4.78, 5) is 48.2. The fourth-order valence-electron chi connectivity index (χ4n) is 3.10. The monoisotopic (exact) mass is 381 g/mol. The molecule has 2 N–H and O–H groups in total. The molecule has 28 heavy (non-hydrogen) atoms. The van der Waals surface area contributed by atoms with Gasteiger partial charge < -0.3 is 20.0 Å². The van der Waals surface area contributed by atoms with Crippen molar-refractivity contribution < 1.29 is 14.4 Å². The van der Waals surface area contributed by atoms with Crippen LogP contribution in [0.5, 0.6) is 0 Å². The number of rotatable bonds is 7. The topological polar surface area (TPSA) is 97.3 Å². The number of pyridine rings is 1. The molecular weight excluding hydrogens is 358 g/mol. The number of nitrogens with zero attached hydrogens (tertiary/aromatic N) is 1. The van der Waals surface area contributed by atoms with Gasteiger partial charge in [-0.15, -0.1) is 0 Å². The molecule has 1 heterocycles. The minimum Gasteiger partial charge on any atom is -0.355 e. The highest BCUT2D eigenvalue weighted by molar-refractivity contribution is 5.99. The molecule has 0 saturated heterocycles. The van der Waals surface area contributed by atoms with Crippen molar-refractivity contribution in [2.75, 3.05) is 7.05 Å². The lowest BCUT2D eigenvalue weighted by molar-refractivity contribution is -0.107. The number of nitrogens with one attached hydrogen (secondary N) is 2. The maximum atomic E-state index is 12.8. The molecule has 1 aliphatic rings. The van der Waals surface area contributed by atoms with Crippen LogP contribution in [0.25, 0.3) is 0 Å². The van der Waals surface area contributed by atoms with Crippen molar-refractivity contribution in [2.24, 2.45) is 5.92 Å². The second-order valence-electron chi connectivity index (χ2n) is 7.14. The van der Waals surface area contributed by atoms with Gasteiger partial charge in [0.1, 0.15) is 11.8 Å². The smallest absolute Gasteiger partial charge is 0.263 e. The number of carbonyl (C=O) groups is 3. The first-order chi connectivity index (χ1) is 13.4. The first kappa shape index (κ1) is 19.5. The van der Waals surface area contributed by atoms with E-state index in [1.807, 2.05) is 31.2 Å². The predicted molar refractivity (Wildman–Crippen MR) is 104 cm³/mol. The second-order valence-corrected chi connectivity index (χ2v) is 7.14. The molecule has 1 aromatic carbocycles. The van der Waals surface area contributed by atoms with Gasteiger partial charge in [0.25, 0.3) is 17.4 Å². The SMILES string of the molecule is CNC(=O)c1cc(C(=O)N[C@H]2C[C@@H]2C)cn(Cc2cccc(CC=O)c2)c1=O. The van der Waals surface area contributed by atoms with Gasteiger partial charge in [-0.25, -0.2) is 0 Å². The van der Waals surface area contributed by atoms with E-state index in [4.69, 9.17) is 0 Å². The zero-order valence-corrected chi connectivity index (χ0v) is 15.9. The average molecular weight is 381 g/mol. The fourth-order valence-corrected chi connectivity index (χ4v) is 3.10. The average Bonchev–Trinajstić information content (AvgIpc) is 3.37. The Kier molecular flexibility index (Phi) is 5.73. The summed E-state index contributed by atoms with van der Waals surface area (Å²) in [5.41, 5.74) is 1.35. The van der Waals surface area contributed by atoms with Crippen molar-refractivity contribution >= 4 is 18.1 Å². The minimum atomic E-state index is -0.539. The number of aromatic nitrogens is 1. The van der Waals surface area contributed by atoms with Crippen LogP contribution in [0.15, 0.2) is 41.3 Å². The van der Waals surface area contributed by atoms with Crippen LogP contribution in [0.2, 0.25) is 0 Å². The summed E-state index contributed by atoms with van der Waals surface area (Å²) in [5.74, 6) is -0.403. The summed E-state index contributed by atoms with van der Waals surface area (Å²) in [7, 11) is 1.44. The first-order valence-electron chi connectivity index (χ1n) is 9.21. The first-order valence-corrected chi connectivity index (χ1v) is 9.21. The highest BCUT2D eigenvalue weighted by atomic mass is 16.2. The van der Waals surface area contributed by atoms with E-state index in [2.05, 4.69) is 10.6 Å². The van der Waals surface area contributed by atoms with E-state index in [9.17, 15) is 19.2 Å². The van der Waals surface area contributed by atoms with E-state index < -0.39 is 11.5 Å². The Labute approximate surface area is 162 Å². The summed E-state index contributed by atoms with van der Waals surface area (Å²) < 4.78 is 1.36. The van der Waals surface area contributed by atoms with Crippen LogP contribution in [0.1, 0.15) is 45.2 Å². The van der Waals surface area contributed by atoms with E-state index in [0.29, 0.717) is 5.92 Å². The Morgan fingerprint density at radius 2 is 1.93 bits per heavy atom. The van der Waals surface area contributed by atoms with Gasteiger partial charge in [0.05, 0.1) is 12.1 Å². The van der Waals surface area contributed by atoms with E-state index in [1.54, 1.807) is 0 Å². The molecule has 3 rings (SSSR count). The highest BCUT2D eigenvalue weighted by Gasteiger charge is 2.34. The maximum absolute atomic E-state index is 12.8. The Morgan fingerprint density at radius 3 is 2.57 bits per heavy atom. The summed E-state index contributed by atoms with van der Waals surface area (Å²) in [6.45, 7) is 2.24. The van der Waals surface area contributed by atoms with Gasteiger partial charge in [0.15, 0.2) is 0 Å². The third kappa shape index (κ3) is 4.36. The van der Waals surface area contributed by atoms with Gasteiger partial charge in [-0.05, 0) is 29.5 Å². The molecular formula is C21H23N3O4. The zero-order chi connectivity index (χ0) is 20.3. The lowest BCUT2D eigenvalue weighted by Gasteiger charge is -2.12. The van der Waals surface area contributed by atoms with Gasteiger partial charge >= 0.3 is 0 Å². The van der Waals surface area contributed by atoms with E-state index in [-0.39, 0.29) is 36.0 Å². The molecule has 2 aromatic rings. The van der Waals surface area contributed by atoms with Crippen LogP contribution >= 0.6 is 0 Å². The molecule has 7 heteroatoms. The van der Waals surface area contributed by atoms with Crippen LogP contribution in [-0.4, -0.2) is 35.8 Å². The third-order valence-corrected chi connectivity index (χ3v) is 4.91. The van der Waals surface area contributed by atoms with Crippen molar-refractivity contribution in [3.8, 4) is 0 Å². The van der Waals surface area contributed by atoms with E-state index in [0.717, 1.165) is 23.8 Å². The molecule has 1 saturated carbocycles. The standard InChI is InChI=1S/C21H23N3O4/c1-13-8-18(13)23-19(26)16-10-17(20(27)22-2)21(28)24(12-16)11-15-5-3-4-14(9-15)6-7-25/h3-5,7,9-10,12-13,18H,6,8,11H2,1-2H3,(H,22,27)(H,23,26)/t13-,18-/m0/s1. The quantitative estimate of drug-likeness (QED) is 0.703. The third-order valence-electron chi connectivity index (χ3n) is 4.91. The summed E-state index contributed by atoms with van der Waals surface area (Å²) >= 11 is 0. The van der Waals surface area contributed by atoms with Crippen molar-refractivity contribution in [2.45, 2.75) is 32.4 Å². The Bertz CT molecular complexity index is 980.